The molecular formula is C25H24Cl2F3N3O2. The van der Waals surface area contributed by atoms with E-state index >= 15 is 0 Å². The van der Waals surface area contributed by atoms with Crippen LogP contribution in [0.2, 0.25) is 10.0 Å². The number of hydrogen-bond acceptors (Lipinski definition) is 3. The van der Waals surface area contributed by atoms with E-state index in [0.29, 0.717) is 51.7 Å². The molecule has 3 heterocycles. The van der Waals surface area contributed by atoms with Crippen molar-refractivity contribution < 1.29 is 22.7 Å². The van der Waals surface area contributed by atoms with Crippen molar-refractivity contribution >= 4 is 40.1 Å². The van der Waals surface area contributed by atoms with E-state index in [2.05, 4.69) is 4.98 Å². The van der Waals surface area contributed by atoms with Gasteiger partial charge in [-0.05, 0) is 55.2 Å². The van der Waals surface area contributed by atoms with E-state index in [4.69, 9.17) is 27.9 Å². The number of carbonyl (C=O) groups excluding carboxylic acids is 1. The molecule has 2 saturated heterocycles. The van der Waals surface area contributed by atoms with E-state index in [0.717, 1.165) is 38.2 Å². The smallest absolute Gasteiger partial charge is 0.380 e. The zero-order valence-electron chi connectivity index (χ0n) is 19.3. The lowest BCUT2D eigenvalue weighted by atomic mass is 9.77. The first-order chi connectivity index (χ1) is 16.5. The van der Waals surface area contributed by atoms with Crippen molar-refractivity contribution in [2.24, 2.45) is 12.5 Å². The normalized spacial score (nSPS) is 17.7. The molecular weight excluding hydrogens is 502 g/mol. The average molecular weight is 526 g/mol. The van der Waals surface area contributed by atoms with Gasteiger partial charge in [0.1, 0.15) is 5.82 Å². The van der Waals surface area contributed by atoms with Crippen molar-refractivity contribution in [3.63, 3.8) is 0 Å². The molecule has 10 heteroatoms. The predicted octanol–water partition coefficient (Wildman–Crippen LogP) is 6.05. The standard InChI is InChI=1S/C25H24Cl2F3N3O2/c1-14-9-15(25(28,29)30)10-19-22(14)31-20(32(19)2)11-17-18(26)4-3-16(21(17)27)23(34)33-7-5-24(6-8-33)12-35-13-24/h3-4,9-10H,5-8,11-13H2,1-2H3. The molecule has 2 fully saturated rings. The van der Waals surface area contributed by atoms with E-state index in [-0.39, 0.29) is 22.8 Å². The fourth-order valence-corrected chi connectivity index (χ4v) is 5.53. The highest BCUT2D eigenvalue weighted by molar-refractivity contribution is 6.38. The van der Waals surface area contributed by atoms with Crippen LogP contribution < -0.4 is 0 Å². The number of piperidine rings is 1. The Morgan fingerprint density at radius 3 is 2.46 bits per heavy atom. The highest BCUT2D eigenvalue weighted by Crippen LogP contribution is 2.40. The zero-order valence-corrected chi connectivity index (χ0v) is 20.8. The third kappa shape index (κ3) is 4.30. The number of likely N-dealkylation sites (tertiary alicyclic amines) is 1. The molecule has 2 aliphatic heterocycles. The maximum absolute atomic E-state index is 13.3. The minimum atomic E-state index is -4.45. The highest BCUT2D eigenvalue weighted by atomic mass is 35.5. The number of hydrogen-bond donors (Lipinski definition) is 0. The summed E-state index contributed by atoms with van der Waals surface area (Å²) in [4.78, 5) is 19.7. The number of halogens is 5. The van der Waals surface area contributed by atoms with Crippen molar-refractivity contribution in [1.29, 1.82) is 0 Å². The summed E-state index contributed by atoms with van der Waals surface area (Å²) in [5.41, 5.74) is 1.64. The molecule has 0 N–H and O–H groups in total. The third-order valence-corrected chi connectivity index (χ3v) is 8.06. The molecule has 35 heavy (non-hydrogen) atoms. The van der Waals surface area contributed by atoms with Crippen LogP contribution in [0, 0.1) is 12.3 Å². The second kappa shape index (κ2) is 8.68. The number of alkyl halides is 3. The number of imidazole rings is 1. The van der Waals surface area contributed by atoms with Gasteiger partial charge in [-0.15, -0.1) is 0 Å². The SMILES string of the molecule is Cc1cc(C(F)(F)F)cc2c1nc(Cc1c(Cl)ccc(C(=O)N3CCC4(CC3)COC4)c1Cl)n2C. The number of nitrogens with zero attached hydrogens (tertiary/aromatic N) is 3. The topological polar surface area (TPSA) is 47.4 Å². The van der Waals surface area contributed by atoms with Gasteiger partial charge < -0.3 is 14.2 Å². The maximum atomic E-state index is 13.3. The number of rotatable bonds is 3. The molecule has 2 aromatic carbocycles. The van der Waals surface area contributed by atoms with Gasteiger partial charge in [0.15, 0.2) is 0 Å². The molecule has 1 spiro atoms. The lowest BCUT2D eigenvalue weighted by Gasteiger charge is -2.47. The van der Waals surface area contributed by atoms with E-state index < -0.39 is 11.7 Å². The number of amides is 1. The largest absolute Gasteiger partial charge is 0.416 e. The van der Waals surface area contributed by atoms with Crippen LogP contribution in [0.3, 0.4) is 0 Å². The summed E-state index contributed by atoms with van der Waals surface area (Å²) in [6.45, 7) is 4.39. The van der Waals surface area contributed by atoms with E-state index in [1.165, 1.54) is 0 Å². The van der Waals surface area contributed by atoms with Gasteiger partial charge in [0.05, 0.1) is 40.4 Å². The summed E-state index contributed by atoms with van der Waals surface area (Å²) < 4.78 is 46.9. The maximum Gasteiger partial charge on any atom is 0.416 e. The molecule has 1 aromatic heterocycles. The first kappa shape index (κ1) is 24.4. The molecule has 0 saturated carbocycles. The zero-order chi connectivity index (χ0) is 25.1. The van der Waals surface area contributed by atoms with Crippen molar-refractivity contribution in [2.45, 2.75) is 32.4 Å². The van der Waals surface area contributed by atoms with Crippen LogP contribution in [0.5, 0.6) is 0 Å². The molecule has 2 aliphatic rings. The summed E-state index contributed by atoms with van der Waals surface area (Å²) in [5, 5.41) is 0.616. The van der Waals surface area contributed by atoms with Crippen molar-refractivity contribution in [1.82, 2.24) is 14.5 Å². The van der Waals surface area contributed by atoms with Gasteiger partial charge in [-0.25, -0.2) is 4.98 Å². The van der Waals surface area contributed by atoms with Crippen LogP contribution in [0.1, 0.15) is 45.7 Å². The average Bonchev–Trinajstić information content (AvgIpc) is 3.11. The van der Waals surface area contributed by atoms with E-state index in [1.54, 1.807) is 35.6 Å². The third-order valence-electron chi connectivity index (χ3n) is 7.28. The Bertz CT molecular complexity index is 1320. The summed E-state index contributed by atoms with van der Waals surface area (Å²) in [7, 11) is 1.66. The molecule has 186 valence electrons. The summed E-state index contributed by atoms with van der Waals surface area (Å²) in [5.74, 6) is 0.347. The lowest BCUT2D eigenvalue weighted by Crippen LogP contribution is -2.52. The second-order valence-electron chi connectivity index (χ2n) is 9.59. The summed E-state index contributed by atoms with van der Waals surface area (Å²) in [6.07, 6.45) is -2.48. The fraction of sp³-hybridized carbons (Fsp3) is 0.440. The first-order valence-corrected chi connectivity index (χ1v) is 12.1. The van der Waals surface area contributed by atoms with Crippen LogP contribution in [-0.2, 0) is 24.4 Å². The highest BCUT2D eigenvalue weighted by Gasteiger charge is 2.42. The van der Waals surface area contributed by atoms with Crippen LogP contribution in [0.15, 0.2) is 24.3 Å². The Morgan fingerprint density at radius 1 is 1.17 bits per heavy atom. The van der Waals surface area contributed by atoms with Crippen molar-refractivity contribution in [2.75, 3.05) is 26.3 Å². The molecule has 5 rings (SSSR count). The molecule has 5 nitrogen and oxygen atoms in total. The Labute approximate surface area is 210 Å². The second-order valence-corrected chi connectivity index (χ2v) is 10.4. The number of fused-ring (bicyclic) bond motifs is 1. The molecule has 1 amide bonds. The van der Waals surface area contributed by atoms with Gasteiger partial charge in [-0.3, -0.25) is 4.79 Å². The van der Waals surface area contributed by atoms with Gasteiger partial charge >= 0.3 is 6.18 Å². The lowest BCUT2D eigenvalue weighted by molar-refractivity contribution is -0.137. The number of aromatic nitrogens is 2. The van der Waals surface area contributed by atoms with Gasteiger partial charge in [0.2, 0.25) is 0 Å². The van der Waals surface area contributed by atoms with E-state index in [9.17, 15) is 18.0 Å². The van der Waals surface area contributed by atoms with Crippen LogP contribution in [-0.4, -0.2) is 46.7 Å². The number of aryl methyl sites for hydroxylation is 2. The van der Waals surface area contributed by atoms with Crippen LogP contribution in [0.25, 0.3) is 11.0 Å². The monoisotopic (exact) mass is 525 g/mol. The Balaban J connectivity index is 1.45. The molecule has 0 aliphatic carbocycles. The van der Waals surface area contributed by atoms with Gasteiger partial charge in [-0.1, -0.05) is 23.2 Å². The number of benzene rings is 2. The number of carbonyl (C=O) groups is 1. The molecule has 3 aromatic rings. The molecule has 0 bridgehead atoms. The quantitative estimate of drug-likeness (QED) is 0.418. The molecule has 0 radical (unpaired) electrons. The Kier molecular flexibility index (Phi) is 6.05. The molecule has 0 atom stereocenters. The van der Waals surface area contributed by atoms with Gasteiger partial charge in [0.25, 0.3) is 5.91 Å². The number of ether oxygens (including phenoxy) is 1. The summed E-state index contributed by atoms with van der Waals surface area (Å²) >= 11 is 13.2. The van der Waals surface area contributed by atoms with Crippen LogP contribution >= 0.6 is 23.2 Å². The van der Waals surface area contributed by atoms with Crippen molar-refractivity contribution in [3.8, 4) is 0 Å². The molecule has 0 unspecified atom stereocenters. The van der Waals surface area contributed by atoms with Gasteiger partial charge in [0, 0.05) is 37.0 Å². The first-order valence-electron chi connectivity index (χ1n) is 11.4. The summed E-state index contributed by atoms with van der Waals surface area (Å²) in [6, 6.07) is 5.45. The Hall–Kier alpha value is -2.29. The predicted molar refractivity (Wildman–Crippen MR) is 128 cm³/mol. The Morgan fingerprint density at radius 2 is 1.86 bits per heavy atom. The van der Waals surface area contributed by atoms with Gasteiger partial charge in [-0.2, -0.15) is 13.2 Å². The fourth-order valence-electron chi connectivity index (χ4n) is 4.94. The van der Waals surface area contributed by atoms with E-state index in [1.807, 2.05) is 0 Å². The minimum Gasteiger partial charge on any atom is -0.380 e. The minimum absolute atomic E-state index is 0.154. The van der Waals surface area contributed by atoms with Crippen molar-refractivity contribution in [3.05, 3.63) is 62.4 Å². The van der Waals surface area contributed by atoms with Crippen LogP contribution in [0.4, 0.5) is 13.2 Å².